The molecule has 1 saturated heterocycles. The van der Waals surface area contributed by atoms with E-state index in [0.717, 1.165) is 38.5 Å². The molecule has 20 heavy (non-hydrogen) atoms. The summed E-state index contributed by atoms with van der Waals surface area (Å²) in [6.45, 7) is 12.1. The van der Waals surface area contributed by atoms with Crippen molar-refractivity contribution in [2.24, 2.45) is 0 Å². The first-order valence-electron chi connectivity index (χ1n) is 8.22. The Labute approximate surface area is 124 Å². The van der Waals surface area contributed by atoms with E-state index >= 15 is 0 Å². The molecule has 2 aliphatic rings. The van der Waals surface area contributed by atoms with Gasteiger partial charge in [-0.25, -0.2) is 0 Å². The highest BCUT2D eigenvalue weighted by Gasteiger charge is 2.34. The SMILES string of the molecule is CCCNC(C)(C#N)CC(C)N1CCN(C2CC2)CC1. The van der Waals surface area contributed by atoms with Crippen molar-refractivity contribution in [3.8, 4) is 6.07 Å². The maximum Gasteiger partial charge on any atom is 0.105 e. The number of nitrogens with zero attached hydrogens (tertiary/aromatic N) is 3. The van der Waals surface area contributed by atoms with E-state index in [0.29, 0.717) is 6.04 Å². The lowest BCUT2D eigenvalue weighted by Gasteiger charge is -2.40. The van der Waals surface area contributed by atoms with Gasteiger partial charge in [-0.05, 0) is 46.1 Å². The minimum atomic E-state index is -0.386. The van der Waals surface area contributed by atoms with Crippen molar-refractivity contribution in [1.29, 1.82) is 5.26 Å². The summed E-state index contributed by atoms with van der Waals surface area (Å²) in [6, 6.07) is 3.84. The Kier molecular flexibility index (Phi) is 5.42. The first-order chi connectivity index (χ1) is 9.58. The van der Waals surface area contributed by atoms with Crippen molar-refractivity contribution in [1.82, 2.24) is 15.1 Å². The Hall–Kier alpha value is -0.630. The molecule has 0 aromatic heterocycles. The van der Waals surface area contributed by atoms with E-state index in [1.165, 1.54) is 25.9 Å². The molecule has 1 N–H and O–H groups in total. The van der Waals surface area contributed by atoms with E-state index in [1.807, 2.05) is 6.92 Å². The molecule has 0 amide bonds. The van der Waals surface area contributed by atoms with Gasteiger partial charge in [0.05, 0.1) is 6.07 Å². The molecule has 1 aliphatic carbocycles. The molecular formula is C16H30N4. The van der Waals surface area contributed by atoms with Gasteiger partial charge in [0, 0.05) is 38.3 Å². The van der Waals surface area contributed by atoms with Crippen molar-refractivity contribution in [3.63, 3.8) is 0 Å². The maximum atomic E-state index is 9.44. The van der Waals surface area contributed by atoms with Crippen molar-refractivity contribution in [2.75, 3.05) is 32.7 Å². The van der Waals surface area contributed by atoms with Crippen LogP contribution in [-0.4, -0.2) is 60.1 Å². The summed E-state index contributed by atoms with van der Waals surface area (Å²) in [4.78, 5) is 5.20. The molecule has 2 unspecified atom stereocenters. The van der Waals surface area contributed by atoms with Gasteiger partial charge in [0.1, 0.15) is 5.54 Å². The quantitative estimate of drug-likeness (QED) is 0.771. The van der Waals surface area contributed by atoms with Gasteiger partial charge in [0.25, 0.3) is 0 Å². The normalized spacial score (nSPS) is 25.9. The first kappa shape index (κ1) is 15.8. The van der Waals surface area contributed by atoms with Crippen LogP contribution in [0.5, 0.6) is 0 Å². The third-order valence-electron chi connectivity index (χ3n) is 4.75. The second-order valence-electron chi connectivity index (χ2n) is 6.73. The smallest absolute Gasteiger partial charge is 0.105 e. The summed E-state index contributed by atoms with van der Waals surface area (Å²) in [5.41, 5.74) is -0.386. The summed E-state index contributed by atoms with van der Waals surface area (Å²) in [5, 5.41) is 12.8. The van der Waals surface area contributed by atoms with Crippen LogP contribution in [0.3, 0.4) is 0 Å². The zero-order valence-corrected chi connectivity index (χ0v) is 13.4. The number of piperazine rings is 1. The number of nitrogens with one attached hydrogen (secondary N) is 1. The maximum absolute atomic E-state index is 9.44. The van der Waals surface area contributed by atoms with Gasteiger partial charge < -0.3 is 0 Å². The highest BCUT2D eigenvalue weighted by Crippen LogP contribution is 2.28. The third kappa shape index (κ3) is 4.18. The van der Waals surface area contributed by atoms with E-state index < -0.39 is 0 Å². The van der Waals surface area contributed by atoms with Crippen LogP contribution < -0.4 is 5.32 Å². The molecule has 0 bridgehead atoms. The van der Waals surface area contributed by atoms with Crippen molar-refractivity contribution >= 4 is 0 Å². The predicted octanol–water partition coefficient (Wildman–Crippen LogP) is 1.83. The van der Waals surface area contributed by atoms with Crippen LogP contribution in [0.2, 0.25) is 0 Å². The molecule has 1 aliphatic heterocycles. The number of hydrogen-bond acceptors (Lipinski definition) is 4. The number of hydrogen-bond donors (Lipinski definition) is 1. The highest BCUT2D eigenvalue weighted by atomic mass is 15.3. The third-order valence-corrected chi connectivity index (χ3v) is 4.75. The van der Waals surface area contributed by atoms with Gasteiger partial charge in [0.15, 0.2) is 0 Å². The monoisotopic (exact) mass is 278 g/mol. The second-order valence-corrected chi connectivity index (χ2v) is 6.73. The molecule has 4 nitrogen and oxygen atoms in total. The minimum Gasteiger partial charge on any atom is -0.300 e. The lowest BCUT2D eigenvalue weighted by Crippen LogP contribution is -2.53. The van der Waals surface area contributed by atoms with Gasteiger partial charge in [0.2, 0.25) is 0 Å². The number of nitriles is 1. The van der Waals surface area contributed by atoms with E-state index in [4.69, 9.17) is 0 Å². The lowest BCUT2D eigenvalue weighted by molar-refractivity contribution is 0.0864. The average Bonchev–Trinajstić information content (AvgIpc) is 3.30. The molecule has 1 heterocycles. The first-order valence-corrected chi connectivity index (χ1v) is 8.22. The standard InChI is InChI=1S/C16H30N4/c1-4-7-18-16(3,13-17)12-14(2)19-8-10-20(11-9-19)15-5-6-15/h14-15,18H,4-12H2,1-3H3. The summed E-state index contributed by atoms with van der Waals surface area (Å²) in [7, 11) is 0. The van der Waals surface area contributed by atoms with Gasteiger partial charge >= 0.3 is 0 Å². The fourth-order valence-electron chi connectivity index (χ4n) is 3.26. The Morgan fingerprint density at radius 3 is 2.45 bits per heavy atom. The van der Waals surface area contributed by atoms with E-state index in [1.54, 1.807) is 0 Å². The van der Waals surface area contributed by atoms with E-state index in [-0.39, 0.29) is 5.54 Å². The minimum absolute atomic E-state index is 0.386. The Morgan fingerprint density at radius 2 is 1.95 bits per heavy atom. The Balaban J connectivity index is 1.78. The fourth-order valence-corrected chi connectivity index (χ4v) is 3.26. The second kappa shape index (κ2) is 6.89. The molecule has 2 rings (SSSR count). The Bertz CT molecular complexity index is 339. The van der Waals surface area contributed by atoms with Gasteiger partial charge in [-0.15, -0.1) is 0 Å². The predicted molar refractivity (Wildman–Crippen MR) is 82.6 cm³/mol. The van der Waals surface area contributed by atoms with Crippen molar-refractivity contribution in [3.05, 3.63) is 0 Å². The molecule has 2 fully saturated rings. The zero-order chi connectivity index (χ0) is 14.6. The molecule has 0 aromatic rings. The molecule has 4 heteroatoms. The molecular weight excluding hydrogens is 248 g/mol. The number of rotatable bonds is 7. The van der Waals surface area contributed by atoms with Gasteiger partial charge in [-0.3, -0.25) is 15.1 Å². The summed E-state index contributed by atoms with van der Waals surface area (Å²) in [5.74, 6) is 0. The van der Waals surface area contributed by atoms with Gasteiger partial charge in [-0.1, -0.05) is 6.92 Å². The topological polar surface area (TPSA) is 42.3 Å². The highest BCUT2D eigenvalue weighted by molar-refractivity contribution is 5.05. The van der Waals surface area contributed by atoms with Crippen molar-refractivity contribution < 1.29 is 0 Å². The van der Waals surface area contributed by atoms with Crippen LogP contribution in [0.25, 0.3) is 0 Å². The van der Waals surface area contributed by atoms with Crippen LogP contribution in [0, 0.1) is 11.3 Å². The summed E-state index contributed by atoms with van der Waals surface area (Å²) in [6.07, 6.45) is 4.80. The van der Waals surface area contributed by atoms with Crippen LogP contribution in [-0.2, 0) is 0 Å². The molecule has 0 radical (unpaired) electrons. The van der Waals surface area contributed by atoms with E-state index in [2.05, 4.69) is 35.0 Å². The zero-order valence-electron chi connectivity index (χ0n) is 13.4. The van der Waals surface area contributed by atoms with Gasteiger partial charge in [-0.2, -0.15) is 5.26 Å². The van der Waals surface area contributed by atoms with Crippen LogP contribution >= 0.6 is 0 Å². The van der Waals surface area contributed by atoms with Crippen molar-refractivity contribution in [2.45, 2.75) is 64.1 Å². The molecule has 0 spiro atoms. The summed E-state index contributed by atoms with van der Waals surface area (Å²) >= 11 is 0. The Morgan fingerprint density at radius 1 is 1.30 bits per heavy atom. The van der Waals surface area contributed by atoms with Crippen LogP contribution in [0.4, 0.5) is 0 Å². The molecule has 0 aromatic carbocycles. The lowest BCUT2D eigenvalue weighted by atomic mass is 9.94. The van der Waals surface area contributed by atoms with E-state index in [9.17, 15) is 5.26 Å². The average molecular weight is 278 g/mol. The molecule has 1 saturated carbocycles. The fraction of sp³-hybridized carbons (Fsp3) is 0.938. The molecule has 114 valence electrons. The molecule has 2 atom stereocenters. The van der Waals surface area contributed by atoms with Crippen LogP contribution in [0.1, 0.15) is 46.5 Å². The largest absolute Gasteiger partial charge is 0.300 e. The van der Waals surface area contributed by atoms with Crippen LogP contribution in [0.15, 0.2) is 0 Å². The summed E-state index contributed by atoms with van der Waals surface area (Å²) < 4.78 is 0.